The van der Waals surface area contributed by atoms with E-state index in [1.807, 2.05) is 23.5 Å². The third-order valence-corrected chi connectivity index (χ3v) is 2.31. The summed E-state index contributed by atoms with van der Waals surface area (Å²) in [5.74, 6) is 0.757. The van der Waals surface area contributed by atoms with Gasteiger partial charge in [-0.3, -0.25) is 4.40 Å². The fraction of sp³-hybridized carbons (Fsp3) is 0.300. The maximum absolute atomic E-state index is 5.92. The molecule has 2 aromatic rings. The van der Waals surface area contributed by atoms with Crippen LogP contribution in [0.3, 0.4) is 0 Å². The number of pyridine rings is 1. The van der Waals surface area contributed by atoms with Crippen LogP contribution in [0.5, 0.6) is 0 Å². The Morgan fingerprint density at radius 1 is 1.46 bits per heavy atom. The molecule has 3 heteroatoms. The topological polar surface area (TPSA) is 43.3 Å². The molecule has 0 fully saturated rings. The van der Waals surface area contributed by atoms with Crippen LogP contribution in [0, 0.1) is 6.92 Å². The van der Waals surface area contributed by atoms with Crippen LogP contribution in [-0.4, -0.2) is 9.38 Å². The zero-order chi connectivity index (χ0) is 9.42. The Hall–Kier alpha value is -1.51. The molecule has 0 aliphatic carbocycles. The van der Waals surface area contributed by atoms with E-state index in [-0.39, 0.29) is 0 Å². The molecule has 2 rings (SSSR count). The van der Waals surface area contributed by atoms with Crippen LogP contribution < -0.4 is 5.73 Å². The number of hydrogen-bond donors (Lipinski definition) is 1. The van der Waals surface area contributed by atoms with Crippen LogP contribution in [0.2, 0.25) is 0 Å². The SMILES string of the molecule is CCc1cccc2nc(C)c(N)n12. The number of nitrogens with two attached hydrogens (primary N) is 1. The number of fused-ring (bicyclic) bond motifs is 1. The first-order chi connectivity index (χ1) is 6.24. The molecule has 68 valence electrons. The Morgan fingerprint density at radius 3 is 2.92 bits per heavy atom. The molecule has 0 amide bonds. The second kappa shape index (κ2) is 2.76. The van der Waals surface area contributed by atoms with Crippen molar-refractivity contribution in [1.29, 1.82) is 0 Å². The zero-order valence-corrected chi connectivity index (χ0v) is 7.91. The lowest BCUT2D eigenvalue weighted by atomic mass is 10.3. The van der Waals surface area contributed by atoms with E-state index >= 15 is 0 Å². The van der Waals surface area contributed by atoms with Crippen molar-refractivity contribution in [1.82, 2.24) is 9.38 Å². The predicted molar refractivity (Wildman–Crippen MR) is 53.7 cm³/mol. The molecule has 0 unspecified atom stereocenters. The van der Waals surface area contributed by atoms with Crippen LogP contribution in [0.15, 0.2) is 18.2 Å². The van der Waals surface area contributed by atoms with Crippen molar-refractivity contribution in [2.24, 2.45) is 0 Å². The third-order valence-electron chi connectivity index (χ3n) is 2.31. The molecule has 0 aliphatic heterocycles. The van der Waals surface area contributed by atoms with Crippen LogP contribution in [0.25, 0.3) is 5.65 Å². The number of nitrogen functional groups attached to an aromatic ring is 1. The lowest BCUT2D eigenvalue weighted by molar-refractivity contribution is 0.986. The molecule has 0 aromatic carbocycles. The molecular weight excluding hydrogens is 162 g/mol. The highest BCUT2D eigenvalue weighted by Crippen LogP contribution is 2.16. The monoisotopic (exact) mass is 175 g/mol. The molecule has 0 radical (unpaired) electrons. The van der Waals surface area contributed by atoms with Crippen molar-refractivity contribution in [3.63, 3.8) is 0 Å². The van der Waals surface area contributed by atoms with E-state index < -0.39 is 0 Å². The van der Waals surface area contributed by atoms with Gasteiger partial charge in [-0.25, -0.2) is 4.98 Å². The standard InChI is InChI=1S/C10H13N3/c1-3-8-5-4-6-9-12-7(2)10(11)13(8)9/h4-6H,3,11H2,1-2H3. The Morgan fingerprint density at radius 2 is 2.23 bits per heavy atom. The molecule has 0 spiro atoms. The van der Waals surface area contributed by atoms with E-state index in [4.69, 9.17) is 5.73 Å². The average molecular weight is 175 g/mol. The van der Waals surface area contributed by atoms with E-state index in [0.29, 0.717) is 0 Å². The number of aromatic nitrogens is 2. The summed E-state index contributed by atoms with van der Waals surface area (Å²) < 4.78 is 2.01. The molecule has 0 atom stereocenters. The molecule has 2 heterocycles. The molecule has 0 saturated carbocycles. The van der Waals surface area contributed by atoms with Gasteiger partial charge in [-0.1, -0.05) is 13.0 Å². The zero-order valence-electron chi connectivity index (χ0n) is 7.91. The summed E-state index contributed by atoms with van der Waals surface area (Å²) in [7, 11) is 0. The number of aryl methyl sites for hydroxylation is 2. The summed E-state index contributed by atoms with van der Waals surface area (Å²) in [6.45, 7) is 4.05. The fourth-order valence-corrected chi connectivity index (χ4v) is 1.57. The minimum atomic E-state index is 0.757. The first-order valence-electron chi connectivity index (χ1n) is 4.46. The lowest BCUT2D eigenvalue weighted by Gasteiger charge is -2.03. The van der Waals surface area contributed by atoms with Gasteiger partial charge in [0.15, 0.2) is 0 Å². The van der Waals surface area contributed by atoms with Gasteiger partial charge in [0.2, 0.25) is 0 Å². The van der Waals surface area contributed by atoms with E-state index in [1.54, 1.807) is 0 Å². The van der Waals surface area contributed by atoms with Gasteiger partial charge in [-0.05, 0) is 25.5 Å². The van der Waals surface area contributed by atoms with Crippen LogP contribution in [-0.2, 0) is 6.42 Å². The average Bonchev–Trinajstić information content (AvgIpc) is 2.43. The van der Waals surface area contributed by atoms with Crippen molar-refractivity contribution in [2.75, 3.05) is 5.73 Å². The number of nitrogens with zero attached hydrogens (tertiary/aromatic N) is 2. The number of hydrogen-bond acceptors (Lipinski definition) is 2. The van der Waals surface area contributed by atoms with Gasteiger partial charge in [0.1, 0.15) is 11.5 Å². The fourth-order valence-electron chi connectivity index (χ4n) is 1.57. The van der Waals surface area contributed by atoms with Crippen molar-refractivity contribution in [3.8, 4) is 0 Å². The predicted octanol–water partition coefficient (Wildman–Crippen LogP) is 1.79. The minimum Gasteiger partial charge on any atom is -0.383 e. The van der Waals surface area contributed by atoms with Crippen molar-refractivity contribution < 1.29 is 0 Å². The van der Waals surface area contributed by atoms with Crippen molar-refractivity contribution in [2.45, 2.75) is 20.3 Å². The summed E-state index contributed by atoms with van der Waals surface area (Å²) >= 11 is 0. The Labute approximate surface area is 77.2 Å². The highest BCUT2D eigenvalue weighted by Gasteiger charge is 2.06. The molecule has 0 bridgehead atoms. The van der Waals surface area contributed by atoms with Gasteiger partial charge >= 0.3 is 0 Å². The summed E-state index contributed by atoms with van der Waals surface area (Å²) in [6, 6.07) is 6.06. The smallest absolute Gasteiger partial charge is 0.138 e. The summed E-state index contributed by atoms with van der Waals surface area (Å²) in [6.07, 6.45) is 0.970. The summed E-state index contributed by atoms with van der Waals surface area (Å²) in [5.41, 5.74) is 8.96. The largest absolute Gasteiger partial charge is 0.383 e. The van der Waals surface area contributed by atoms with E-state index in [9.17, 15) is 0 Å². The summed E-state index contributed by atoms with van der Waals surface area (Å²) in [5, 5.41) is 0. The van der Waals surface area contributed by atoms with E-state index in [2.05, 4.69) is 18.0 Å². The minimum absolute atomic E-state index is 0.757. The van der Waals surface area contributed by atoms with Crippen molar-refractivity contribution >= 4 is 11.5 Å². The van der Waals surface area contributed by atoms with Gasteiger partial charge < -0.3 is 5.73 Å². The number of anilines is 1. The quantitative estimate of drug-likeness (QED) is 0.718. The van der Waals surface area contributed by atoms with Gasteiger partial charge in [-0.2, -0.15) is 0 Å². The van der Waals surface area contributed by atoms with Crippen molar-refractivity contribution in [3.05, 3.63) is 29.6 Å². The highest BCUT2D eigenvalue weighted by atomic mass is 15.1. The molecule has 0 saturated heterocycles. The maximum atomic E-state index is 5.92. The van der Waals surface area contributed by atoms with Gasteiger partial charge in [0.05, 0.1) is 5.69 Å². The highest BCUT2D eigenvalue weighted by molar-refractivity contribution is 5.53. The molecule has 0 aliphatic rings. The van der Waals surface area contributed by atoms with E-state index in [0.717, 1.165) is 23.6 Å². The van der Waals surface area contributed by atoms with Crippen LogP contribution in [0.4, 0.5) is 5.82 Å². The molecule has 13 heavy (non-hydrogen) atoms. The maximum Gasteiger partial charge on any atom is 0.138 e. The molecule has 2 N–H and O–H groups in total. The third kappa shape index (κ3) is 1.08. The normalized spacial score (nSPS) is 10.9. The van der Waals surface area contributed by atoms with Crippen LogP contribution >= 0.6 is 0 Å². The Kier molecular flexibility index (Phi) is 1.72. The van der Waals surface area contributed by atoms with E-state index in [1.165, 1.54) is 5.69 Å². The first-order valence-corrected chi connectivity index (χ1v) is 4.46. The van der Waals surface area contributed by atoms with Gasteiger partial charge in [0, 0.05) is 5.69 Å². The lowest BCUT2D eigenvalue weighted by Crippen LogP contribution is -1.99. The number of imidazole rings is 1. The molecular formula is C10H13N3. The van der Waals surface area contributed by atoms with Gasteiger partial charge in [-0.15, -0.1) is 0 Å². The van der Waals surface area contributed by atoms with Crippen LogP contribution in [0.1, 0.15) is 18.3 Å². The second-order valence-electron chi connectivity index (χ2n) is 3.15. The molecule has 2 aromatic heterocycles. The first kappa shape index (κ1) is 8.10. The molecule has 3 nitrogen and oxygen atoms in total. The Balaban J connectivity index is 2.87. The second-order valence-corrected chi connectivity index (χ2v) is 3.15. The Bertz CT molecular complexity index is 443. The summed E-state index contributed by atoms with van der Waals surface area (Å²) in [4.78, 5) is 4.36. The van der Waals surface area contributed by atoms with Gasteiger partial charge in [0.25, 0.3) is 0 Å². The number of rotatable bonds is 1.